The molecule has 0 saturated carbocycles. The summed E-state index contributed by atoms with van der Waals surface area (Å²) in [6, 6.07) is 9.13. The third kappa shape index (κ3) is 3.00. The highest BCUT2D eigenvalue weighted by Crippen LogP contribution is 2.31. The van der Waals surface area contributed by atoms with E-state index in [2.05, 4.69) is 23.0 Å². The average Bonchev–Trinajstić information content (AvgIpc) is 2.94. The van der Waals surface area contributed by atoms with Gasteiger partial charge in [-0.25, -0.2) is 4.39 Å². The standard InChI is InChI=1S/C17H17FN2S/c1-3-12-4-6-14(18)8-15(12)16-7-5-13(9-19-16)17-10-21-11(2)20-17/h4-9,17H,3,10H2,1-2H3. The van der Waals surface area contributed by atoms with E-state index in [4.69, 9.17) is 0 Å². The summed E-state index contributed by atoms with van der Waals surface area (Å²) >= 11 is 1.78. The van der Waals surface area contributed by atoms with Crippen LogP contribution in [0.5, 0.6) is 0 Å². The second-order valence-electron chi connectivity index (χ2n) is 5.11. The molecule has 0 bridgehead atoms. The third-order valence-electron chi connectivity index (χ3n) is 3.69. The maximum Gasteiger partial charge on any atom is 0.123 e. The van der Waals surface area contributed by atoms with Crippen LogP contribution in [0.4, 0.5) is 4.39 Å². The van der Waals surface area contributed by atoms with Crippen LogP contribution in [0, 0.1) is 5.82 Å². The van der Waals surface area contributed by atoms with Crippen LogP contribution in [0.2, 0.25) is 0 Å². The van der Waals surface area contributed by atoms with Gasteiger partial charge in [-0.3, -0.25) is 9.98 Å². The second-order valence-corrected chi connectivity index (χ2v) is 6.32. The van der Waals surface area contributed by atoms with Crippen molar-refractivity contribution >= 4 is 16.8 Å². The summed E-state index contributed by atoms with van der Waals surface area (Å²) in [4.78, 5) is 9.11. The van der Waals surface area contributed by atoms with Crippen LogP contribution < -0.4 is 0 Å². The lowest BCUT2D eigenvalue weighted by Gasteiger charge is -2.10. The topological polar surface area (TPSA) is 25.2 Å². The van der Waals surface area contributed by atoms with Crippen molar-refractivity contribution in [3.05, 3.63) is 53.5 Å². The number of aliphatic imine (C=N–C) groups is 1. The predicted molar refractivity (Wildman–Crippen MR) is 87.3 cm³/mol. The predicted octanol–water partition coefficient (Wildman–Crippen LogP) is 4.66. The van der Waals surface area contributed by atoms with Crippen molar-refractivity contribution in [3.63, 3.8) is 0 Å². The first-order chi connectivity index (χ1) is 10.2. The summed E-state index contributed by atoms with van der Waals surface area (Å²) in [7, 11) is 0. The van der Waals surface area contributed by atoms with Crippen LogP contribution in [0.3, 0.4) is 0 Å². The van der Waals surface area contributed by atoms with E-state index in [0.29, 0.717) is 0 Å². The van der Waals surface area contributed by atoms with Crippen molar-refractivity contribution in [2.75, 3.05) is 5.75 Å². The van der Waals surface area contributed by atoms with Gasteiger partial charge >= 0.3 is 0 Å². The van der Waals surface area contributed by atoms with Crippen LogP contribution in [0.25, 0.3) is 11.3 Å². The molecule has 1 aliphatic rings. The maximum absolute atomic E-state index is 13.5. The largest absolute Gasteiger partial charge is 0.274 e. The normalized spacial score (nSPS) is 17.9. The van der Waals surface area contributed by atoms with E-state index < -0.39 is 0 Å². The fourth-order valence-corrected chi connectivity index (χ4v) is 3.39. The average molecular weight is 300 g/mol. The third-order valence-corrected chi connectivity index (χ3v) is 4.69. The highest BCUT2D eigenvalue weighted by atomic mass is 32.2. The molecule has 108 valence electrons. The number of aryl methyl sites for hydroxylation is 1. The molecule has 0 saturated heterocycles. The molecule has 1 atom stereocenters. The Bertz CT molecular complexity index is 680. The summed E-state index contributed by atoms with van der Waals surface area (Å²) in [5.74, 6) is 0.757. The summed E-state index contributed by atoms with van der Waals surface area (Å²) < 4.78 is 13.5. The van der Waals surface area contributed by atoms with Crippen molar-refractivity contribution in [2.45, 2.75) is 26.3 Å². The van der Waals surface area contributed by atoms with Crippen LogP contribution in [0.1, 0.15) is 31.0 Å². The number of hydrogen-bond donors (Lipinski definition) is 0. The van der Waals surface area contributed by atoms with Crippen molar-refractivity contribution in [2.24, 2.45) is 4.99 Å². The van der Waals surface area contributed by atoms with Gasteiger partial charge in [0.2, 0.25) is 0 Å². The minimum atomic E-state index is -0.222. The number of rotatable bonds is 3. The quantitative estimate of drug-likeness (QED) is 0.824. The van der Waals surface area contributed by atoms with Gasteiger partial charge < -0.3 is 0 Å². The molecule has 1 aromatic carbocycles. The lowest BCUT2D eigenvalue weighted by Crippen LogP contribution is -1.97. The zero-order valence-corrected chi connectivity index (χ0v) is 13.0. The molecular weight excluding hydrogens is 283 g/mol. The summed E-state index contributed by atoms with van der Waals surface area (Å²) in [5, 5.41) is 1.13. The Morgan fingerprint density at radius 1 is 1.29 bits per heavy atom. The van der Waals surface area contributed by atoms with Crippen LogP contribution in [-0.4, -0.2) is 15.8 Å². The molecule has 0 amide bonds. The Morgan fingerprint density at radius 3 is 2.76 bits per heavy atom. The molecular formula is C17H17FN2S. The molecule has 1 unspecified atom stereocenters. The molecule has 1 aliphatic heterocycles. The monoisotopic (exact) mass is 300 g/mol. The van der Waals surface area contributed by atoms with Gasteiger partial charge in [-0.2, -0.15) is 0 Å². The maximum atomic E-state index is 13.5. The van der Waals surface area contributed by atoms with Crippen LogP contribution >= 0.6 is 11.8 Å². The Labute approximate surface area is 128 Å². The molecule has 0 radical (unpaired) electrons. The molecule has 0 N–H and O–H groups in total. The zero-order valence-electron chi connectivity index (χ0n) is 12.1. The van der Waals surface area contributed by atoms with E-state index >= 15 is 0 Å². The highest BCUT2D eigenvalue weighted by molar-refractivity contribution is 8.14. The summed E-state index contributed by atoms with van der Waals surface area (Å²) in [5.41, 5.74) is 3.94. The van der Waals surface area contributed by atoms with Crippen molar-refractivity contribution in [3.8, 4) is 11.3 Å². The van der Waals surface area contributed by atoms with Gasteiger partial charge in [0.15, 0.2) is 0 Å². The molecule has 2 aromatic rings. The SMILES string of the molecule is CCc1ccc(F)cc1-c1ccc(C2CSC(C)=N2)cn1. The number of thioether (sulfide) groups is 1. The Hall–Kier alpha value is -1.68. The molecule has 0 spiro atoms. The minimum Gasteiger partial charge on any atom is -0.274 e. The molecule has 1 aromatic heterocycles. The number of nitrogens with zero attached hydrogens (tertiary/aromatic N) is 2. The van der Waals surface area contributed by atoms with Gasteiger partial charge in [0.25, 0.3) is 0 Å². The van der Waals surface area contributed by atoms with Crippen molar-refractivity contribution in [1.29, 1.82) is 0 Å². The molecule has 0 aliphatic carbocycles. The first-order valence-electron chi connectivity index (χ1n) is 7.09. The molecule has 21 heavy (non-hydrogen) atoms. The van der Waals surface area contributed by atoms with Gasteiger partial charge in [0.1, 0.15) is 5.82 Å². The Balaban J connectivity index is 1.92. The van der Waals surface area contributed by atoms with Crippen LogP contribution in [-0.2, 0) is 6.42 Å². The van der Waals surface area contributed by atoms with Gasteiger partial charge in [0, 0.05) is 17.5 Å². The van der Waals surface area contributed by atoms with E-state index in [1.807, 2.05) is 25.3 Å². The van der Waals surface area contributed by atoms with Gasteiger partial charge in [0.05, 0.1) is 16.8 Å². The first-order valence-corrected chi connectivity index (χ1v) is 8.08. The number of benzene rings is 1. The molecule has 2 heterocycles. The van der Waals surface area contributed by atoms with Gasteiger partial charge in [-0.05, 0) is 42.7 Å². The molecule has 3 rings (SSSR count). The van der Waals surface area contributed by atoms with Crippen molar-refractivity contribution in [1.82, 2.24) is 4.98 Å². The first kappa shape index (κ1) is 14.3. The lowest BCUT2D eigenvalue weighted by molar-refractivity contribution is 0.627. The van der Waals surface area contributed by atoms with Gasteiger partial charge in [-0.15, -0.1) is 11.8 Å². The van der Waals surface area contributed by atoms with Gasteiger partial charge in [-0.1, -0.05) is 19.1 Å². The Morgan fingerprint density at radius 2 is 2.14 bits per heavy atom. The van der Waals surface area contributed by atoms with Crippen LogP contribution in [0.15, 0.2) is 41.5 Å². The zero-order chi connectivity index (χ0) is 14.8. The number of hydrogen-bond acceptors (Lipinski definition) is 3. The number of halogens is 1. The number of aromatic nitrogens is 1. The minimum absolute atomic E-state index is 0.203. The highest BCUT2D eigenvalue weighted by Gasteiger charge is 2.18. The van der Waals surface area contributed by atoms with E-state index in [-0.39, 0.29) is 11.9 Å². The van der Waals surface area contributed by atoms with Crippen molar-refractivity contribution < 1.29 is 4.39 Å². The lowest BCUT2D eigenvalue weighted by atomic mass is 10.0. The summed E-state index contributed by atoms with van der Waals surface area (Å²) in [6.07, 6.45) is 2.73. The second kappa shape index (κ2) is 5.98. The number of pyridine rings is 1. The molecule has 0 fully saturated rings. The van der Waals surface area contributed by atoms with E-state index in [1.165, 1.54) is 6.07 Å². The summed E-state index contributed by atoms with van der Waals surface area (Å²) in [6.45, 7) is 4.10. The van der Waals surface area contributed by atoms with E-state index in [9.17, 15) is 4.39 Å². The smallest absolute Gasteiger partial charge is 0.123 e. The van der Waals surface area contributed by atoms with E-state index in [1.54, 1.807) is 17.8 Å². The molecule has 2 nitrogen and oxygen atoms in total. The van der Waals surface area contributed by atoms with E-state index in [0.717, 1.165) is 39.6 Å². The fraction of sp³-hybridized carbons (Fsp3) is 0.294. The Kier molecular flexibility index (Phi) is 4.06. The molecule has 4 heteroatoms. The fourth-order valence-electron chi connectivity index (χ4n) is 2.52.